The third-order valence-corrected chi connectivity index (χ3v) is 9.71. The van der Waals surface area contributed by atoms with Crippen LogP contribution < -0.4 is 0 Å². The molecule has 0 aromatic carbocycles. The van der Waals surface area contributed by atoms with Gasteiger partial charge in [-0.05, 0) is 243 Å². The van der Waals surface area contributed by atoms with E-state index in [2.05, 4.69) is 262 Å². The molecule has 0 radical (unpaired) electrons. The molecule has 2 atom stereocenters. The van der Waals surface area contributed by atoms with E-state index in [0.29, 0.717) is 12.2 Å². The van der Waals surface area contributed by atoms with E-state index in [-0.39, 0.29) is 6.90 Å². The van der Waals surface area contributed by atoms with E-state index < -0.39 is 0 Å². The average Bonchev–Trinajstić information content (AvgIpc) is 3.41. The van der Waals surface area contributed by atoms with E-state index in [1.807, 2.05) is 6.92 Å². The Morgan fingerprint density at radius 3 is 0.865 bits per heavy atom. The molecule has 2 unspecified atom stereocenters. The Hall–Kier alpha value is -8.55. The van der Waals surface area contributed by atoms with Gasteiger partial charge in [-0.2, -0.15) is 0 Å². The van der Waals surface area contributed by atoms with Gasteiger partial charge in [-0.3, -0.25) is 4.79 Å². The highest BCUT2D eigenvalue weighted by Crippen LogP contribution is 2.30. The molecule has 0 saturated carbocycles. The average molecular weight is 977 g/mol. The van der Waals surface area contributed by atoms with Gasteiger partial charge in [0.25, 0.3) is 0 Å². The third-order valence-electron chi connectivity index (χ3n) is 9.71. The van der Waals surface area contributed by atoms with Crippen LogP contribution in [0.5, 0.6) is 0 Å². The number of unbranched alkanes of at least 4 members (excludes halogenated alkanes) is 6. The first-order valence-corrected chi connectivity index (χ1v) is 25.7. The Morgan fingerprint density at radius 2 is 0.608 bits per heavy atom. The molecule has 0 amide bonds. The highest BCUT2D eigenvalue weighted by Gasteiger charge is 2.18. The number of ketones is 1. The summed E-state index contributed by atoms with van der Waals surface area (Å²) >= 11 is 0. The molecular formula is C72H80O2. The Labute approximate surface area is 456 Å². The fraction of sp³-hybridized carbons (Fsp3) is 0.458. The van der Waals surface area contributed by atoms with Crippen molar-refractivity contribution in [2.24, 2.45) is 11.8 Å². The summed E-state index contributed by atoms with van der Waals surface area (Å²) in [6.07, 6.45) is 24.2. The lowest BCUT2D eigenvalue weighted by Gasteiger charge is -2.26. The van der Waals surface area contributed by atoms with Crippen LogP contribution in [0.25, 0.3) is 0 Å². The molecule has 0 aliphatic rings. The minimum atomic E-state index is 0. The van der Waals surface area contributed by atoms with Gasteiger partial charge in [-0.25, -0.2) is 0 Å². The zero-order valence-electron chi connectivity index (χ0n) is 47.0. The van der Waals surface area contributed by atoms with Crippen LogP contribution in [0.15, 0.2) is 11.1 Å². The minimum Gasteiger partial charge on any atom is -0.412 e. The van der Waals surface area contributed by atoms with Crippen LogP contribution in [0.3, 0.4) is 0 Å². The summed E-state index contributed by atoms with van der Waals surface area (Å²) in [5.41, 5.74) is 2.59. The molecule has 0 bridgehead atoms. The second kappa shape index (κ2) is 68.7. The molecule has 380 valence electrons. The molecule has 2 nitrogen and oxygen atoms in total. The van der Waals surface area contributed by atoms with Crippen molar-refractivity contribution in [3.8, 4) is 213 Å². The molecule has 0 spiro atoms. The van der Waals surface area contributed by atoms with Crippen LogP contribution in [0.4, 0.5) is 0 Å². The molecular weight excluding hydrogens is 897 g/mol. The first kappa shape index (κ1) is 74.4. The molecule has 0 aromatic heterocycles. The highest BCUT2D eigenvalue weighted by molar-refractivity contribution is 5.95. The van der Waals surface area contributed by atoms with Gasteiger partial charge < -0.3 is 5.48 Å². The summed E-state index contributed by atoms with van der Waals surface area (Å²) in [7, 11) is 0. The predicted molar refractivity (Wildman–Crippen MR) is 321 cm³/mol. The van der Waals surface area contributed by atoms with Crippen LogP contribution in [0.2, 0.25) is 0 Å². The van der Waals surface area contributed by atoms with Crippen LogP contribution in [0.1, 0.15) is 207 Å². The number of rotatable bonds is 21. The largest absolute Gasteiger partial charge is 0.412 e. The summed E-state index contributed by atoms with van der Waals surface area (Å²) in [5, 5.41) is 0. The smallest absolute Gasteiger partial charge is 0.158 e. The number of carbonyl (C=O) groups excluding carboxylic acids is 1. The Morgan fingerprint density at radius 1 is 0.311 bits per heavy atom. The number of carbonyl (C=O) groups is 1. The predicted octanol–water partition coefficient (Wildman–Crippen LogP) is 13.2. The van der Waals surface area contributed by atoms with Gasteiger partial charge in [0, 0.05) is 31.5 Å². The standard InChI is InChI=1S/C24H6.C16H30O.C16H34.C16H6.H2O.H2/c1-3-5-7-9-11-13-15-17-19-21-23-24-22-20-18-16-14-12-10-8-6-4-2;1-5-9-11-12-14(7-3)15(13-10-6-2)16(17)8-4;1-5-9-11-14-15(8-4)16(12-7-3)13-10-6-2;1-3-5-7-9-11-13-15-16-14-12-10-8-6-4-2;;/h1-2H3;5-13H2,1-4H3;15-16H,5-14H2,1-4H3;1-2H3;1H2;1H/b;15-14+;;;;. The van der Waals surface area contributed by atoms with Crippen LogP contribution in [-0.4, -0.2) is 11.3 Å². The van der Waals surface area contributed by atoms with E-state index >= 15 is 0 Å². The van der Waals surface area contributed by atoms with E-state index in [4.69, 9.17) is 0 Å². The third kappa shape index (κ3) is 59.6. The molecule has 2 heteroatoms. The van der Waals surface area contributed by atoms with Gasteiger partial charge in [-0.1, -0.05) is 168 Å². The van der Waals surface area contributed by atoms with Gasteiger partial charge in [0.15, 0.2) is 5.78 Å². The van der Waals surface area contributed by atoms with Crippen LogP contribution in [-0.2, 0) is 4.79 Å². The van der Waals surface area contributed by atoms with Crippen LogP contribution in [0, 0.1) is 225 Å². The van der Waals surface area contributed by atoms with Gasteiger partial charge >= 0.3 is 0 Å². The highest BCUT2D eigenvalue weighted by atomic mass is 16.1. The first-order valence-electron chi connectivity index (χ1n) is 25.7. The molecule has 0 saturated heterocycles. The number of Topliss-reactive ketones (excluding diaryl/α,β-unsaturated/α-hetero) is 1. The van der Waals surface area contributed by atoms with Crippen molar-refractivity contribution in [2.45, 2.75) is 205 Å². The van der Waals surface area contributed by atoms with Crippen molar-refractivity contribution in [3.05, 3.63) is 11.1 Å². The SMILES string of the molecule is CC#CC#CC#CC#CC#CC#CC#CC.CC#CC#CC#CC#CC#CC#CC#CC#CC#CC#CC#CC.CCCCC/C(CC)=C(\CCCC)C(=O)CC.CCCCCC(CC)C(CCC)CCCC.O.[HH]. The minimum absolute atomic E-state index is 0. The second-order valence-electron chi connectivity index (χ2n) is 15.1. The molecule has 74 heavy (non-hydrogen) atoms. The normalized spacial score (nSPS) is 8.22. The molecule has 0 aliphatic heterocycles. The zero-order valence-corrected chi connectivity index (χ0v) is 47.0. The summed E-state index contributed by atoms with van der Waals surface area (Å²) < 4.78 is 0. The summed E-state index contributed by atoms with van der Waals surface area (Å²) in [5.74, 6) is 93.6. The molecule has 2 N–H and O–H groups in total. The molecule has 0 rings (SSSR count). The maximum atomic E-state index is 12.0. The number of hydrogen-bond acceptors (Lipinski definition) is 1. The zero-order chi connectivity index (χ0) is 54.8. The summed E-state index contributed by atoms with van der Waals surface area (Å²) in [6, 6.07) is 0. The molecule has 0 heterocycles. The topological polar surface area (TPSA) is 48.6 Å². The van der Waals surface area contributed by atoms with Crippen molar-refractivity contribution >= 4 is 5.78 Å². The Balaban J connectivity index is -0.000000213. The lowest BCUT2D eigenvalue weighted by molar-refractivity contribution is -0.115. The molecule has 0 fully saturated rings. The second-order valence-corrected chi connectivity index (χ2v) is 15.1. The maximum absolute atomic E-state index is 12.0. The van der Waals surface area contributed by atoms with Crippen LogP contribution >= 0.6 is 0 Å². The quantitative estimate of drug-likeness (QED) is 0.0642. The van der Waals surface area contributed by atoms with E-state index in [9.17, 15) is 4.79 Å². The van der Waals surface area contributed by atoms with Crippen molar-refractivity contribution in [1.82, 2.24) is 0 Å². The monoisotopic (exact) mass is 977 g/mol. The molecule has 0 aromatic rings. The van der Waals surface area contributed by atoms with Crippen molar-refractivity contribution in [3.63, 3.8) is 0 Å². The fourth-order valence-electron chi connectivity index (χ4n) is 6.22. The fourth-order valence-corrected chi connectivity index (χ4v) is 6.22. The maximum Gasteiger partial charge on any atom is 0.158 e. The van der Waals surface area contributed by atoms with Crippen molar-refractivity contribution in [1.29, 1.82) is 0 Å². The van der Waals surface area contributed by atoms with Crippen molar-refractivity contribution in [2.75, 3.05) is 0 Å². The van der Waals surface area contributed by atoms with E-state index in [0.717, 1.165) is 43.1 Å². The number of hydrogen-bond donors (Lipinski definition) is 0. The van der Waals surface area contributed by atoms with Crippen molar-refractivity contribution < 1.29 is 11.7 Å². The molecule has 0 aliphatic carbocycles. The Kier molecular flexibility index (Phi) is 69.1. The lowest BCUT2D eigenvalue weighted by Crippen LogP contribution is -2.14. The van der Waals surface area contributed by atoms with Gasteiger partial charge in [0.1, 0.15) is 0 Å². The summed E-state index contributed by atoms with van der Waals surface area (Å²) in [6.45, 7) is 24.8. The van der Waals surface area contributed by atoms with E-state index in [1.165, 1.54) is 95.5 Å². The number of allylic oxidation sites excluding steroid dienone is 2. The van der Waals surface area contributed by atoms with Gasteiger partial charge in [-0.15, -0.1) is 0 Å². The van der Waals surface area contributed by atoms with Gasteiger partial charge in [0.05, 0.1) is 0 Å². The lowest BCUT2D eigenvalue weighted by atomic mass is 9.80. The van der Waals surface area contributed by atoms with Gasteiger partial charge in [0.2, 0.25) is 0 Å². The van der Waals surface area contributed by atoms with E-state index in [1.54, 1.807) is 27.7 Å². The summed E-state index contributed by atoms with van der Waals surface area (Å²) in [4.78, 5) is 12.0. The first-order chi connectivity index (χ1) is 35.8. The Bertz CT molecular complexity index is 2730.